The molecule has 0 radical (unpaired) electrons. The van der Waals surface area contributed by atoms with Crippen LogP contribution in [0.2, 0.25) is 0 Å². The van der Waals surface area contributed by atoms with Crippen LogP contribution in [0.25, 0.3) is 0 Å². The van der Waals surface area contributed by atoms with Gasteiger partial charge in [0, 0.05) is 12.7 Å². The van der Waals surface area contributed by atoms with Crippen LogP contribution in [-0.2, 0) is 6.54 Å². The minimum absolute atomic E-state index is 0.0628. The summed E-state index contributed by atoms with van der Waals surface area (Å²) in [5.41, 5.74) is 5.46. The topological polar surface area (TPSA) is 72.9 Å². The van der Waals surface area contributed by atoms with Crippen LogP contribution in [0.15, 0.2) is 18.3 Å². The van der Waals surface area contributed by atoms with Crippen molar-refractivity contribution in [3.63, 3.8) is 0 Å². The second kappa shape index (κ2) is 5.28. The molecule has 0 aliphatic carbocycles. The van der Waals surface area contributed by atoms with Crippen LogP contribution < -0.4 is 11.1 Å². The predicted molar refractivity (Wildman–Crippen MR) is 71.4 cm³/mol. The van der Waals surface area contributed by atoms with Crippen LogP contribution in [0.5, 0.6) is 0 Å². The number of nitrogens with two attached hydrogens (primary N) is 1. The molecule has 0 unspecified atom stereocenters. The minimum atomic E-state index is -0.852. The lowest BCUT2D eigenvalue weighted by molar-refractivity contribution is 0.102. The van der Waals surface area contributed by atoms with Crippen LogP contribution in [0.4, 0.5) is 20.2 Å². The number of rotatable bonds is 3. The van der Waals surface area contributed by atoms with E-state index in [9.17, 15) is 13.6 Å². The van der Waals surface area contributed by atoms with Crippen molar-refractivity contribution in [2.45, 2.75) is 20.4 Å². The number of nitrogens with zero attached hydrogens (tertiary/aromatic N) is 2. The average Bonchev–Trinajstić information content (AvgIpc) is 2.80. The number of nitrogen functional groups attached to an aromatic ring is 1. The van der Waals surface area contributed by atoms with E-state index in [0.29, 0.717) is 6.54 Å². The molecule has 0 fully saturated rings. The van der Waals surface area contributed by atoms with Crippen molar-refractivity contribution in [1.82, 2.24) is 9.78 Å². The first-order chi connectivity index (χ1) is 9.43. The van der Waals surface area contributed by atoms with Crippen LogP contribution in [-0.4, -0.2) is 15.7 Å². The Morgan fingerprint density at radius 3 is 2.75 bits per heavy atom. The number of carbonyl (C=O) groups is 1. The summed E-state index contributed by atoms with van der Waals surface area (Å²) in [5.74, 6) is -2.42. The molecular weight excluding hydrogens is 266 g/mol. The zero-order valence-electron chi connectivity index (χ0n) is 11.1. The van der Waals surface area contributed by atoms with Gasteiger partial charge in [-0.05, 0) is 25.5 Å². The van der Waals surface area contributed by atoms with E-state index >= 15 is 0 Å². The molecule has 1 amide bonds. The summed E-state index contributed by atoms with van der Waals surface area (Å²) in [4.78, 5) is 12.0. The first kappa shape index (κ1) is 14.0. The number of aryl methyl sites for hydroxylation is 2. The van der Waals surface area contributed by atoms with Gasteiger partial charge in [-0.2, -0.15) is 5.10 Å². The Bertz CT molecular complexity index is 667. The molecule has 5 nitrogen and oxygen atoms in total. The third-order valence-corrected chi connectivity index (χ3v) is 2.85. The van der Waals surface area contributed by atoms with Gasteiger partial charge in [0.25, 0.3) is 5.91 Å². The van der Waals surface area contributed by atoms with Gasteiger partial charge in [-0.3, -0.25) is 9.48 Å². The number of hydrogen-bond acceptors (Lipinski definition) is 3. The van der Waals surface area contributed by atoms with E-state index in [4.69, 9.17) is 5.73 Å². The molecule has 0 aliphatic rings. The molecule has 1 heterocycles. The second-order valence-electron chi connectivity index (χ2n) is 4.30. The van der Waals surface area contributed by atoms with E-state index in [1.807, 2.05) is 6.92 Å². The quantitative estimate of drug-likeness (QED) is 0.906. The molecule has 0 saturated carbocycles. The van der Waals surface area contributed by atoms with Gasteiger partial charge in [0.1, 0.15) is 11.5 Å². The number of halogens is 2. The third-order valence-electron chi connectivity index (χ3n) is 2.85. The normalized spacial score (nSPS) is 10.6. The fourth-order valence-electron chi connectivity index (χ4n) is 1.72. The van der Waals surface area contributed by atoms with Crippen molar-refractivity contribution in [2.75, 3.05) is 11.1 Å². The lowest BCUT2D eigenvalue weighted by Gasteiger charge is -2.08. The van der Waals surface area contributed by atoms with Gasteiger partial charge >= 0.3 is 0 Å². The summed E-state index contributed by atoms with van der Waals surface area (Å²) in [5, 5.41) is 6.11. The van der Waals surface area contributed by atoms with Crippen LogP contribution >= 0.6 is 0 Å². The van der Waals surface area contributed by atoms with Gasteiger partial charge < -0.3 is 11.1 Å². The number of amides is 1. The van der Waals surface area contributed by atoms with Crippen LogP contribution in [0, 0.1) is 18.6 Å². The largest absolute Gasteiger partial charge is 0.396 e. The van der Waals surface area contributed by atoms with E-state index in [0.717, 1.165) is 6.07 Å². The maximum absolute atomic E-state index is 13.8. The average molecular weight is 280 g/mol. The Hall–Kier alpha value is -2.44. The number of benzene rings is 1. The molecule has 0 spiro atoms. The van der Waals surface area contributed by atoms with E-state index in [1.165, 1.54) is 23.9 Å². The number of carbonyl (C=O) groups excluding carboxylic acids is 1. The SMILES string of the molecule is CCn1cc(N)c(C(=O)Nc2c(F)ccc(C)c2F)n1. The molecule has 0 aliphatic heterocycles. The maximum Gasteiger partial charge on any atom is 0.278 e. The number of hydrogen-bond donors (Lipinski definition) is 2. The lowest BCUT2D eigenvalue weighted by atomic mass is 10.2. The van der Waals surface area contributed by atoms with E-state index in [-0.39, 0.29) is 16.9 Å². The number of anilines is 2. The van der Waals surface area contributed by atoms with Crippen molar-refractivity contribution in [2.24, 2.45) is 0 Å². The van der Waals surface area contributed by atoms with Crippen molar-refractivity contribution >= 4 is 17.3 Å². The molecule has 0 saturated heterocycles. The van der Waals surface area contributed by atoms with E-state index < -0.39 is 23.2 Å². The first-order valence-corrected chi connectivity index (χ1v) is 6.03. The zero-order chi connectivity index (χ0) is 14.9. The summed E-state index contributed by atoms with van der Waals surface area (Å²) in [6.45, 7) is 3.84. The van der Waals surface area contributed by atoms with Gasteiger partial charge in [-0.15, -0.1) is 0 Å². The highest BCUT2D eigenvalue weighted by molar-refractivity contribution is 6.06. The predicted octanol–water partition coefficient (Wildman–Crippen LogP) is 2.32. The molecule has 0 atom stereocenters. The third kappa shape index (κ3) is 2.47. The first-order valence-electron chi connectivity index (χ1n) is 6.03. The molecule has 1 aromatic carbocycles. The van der Waals surface area contributed by atoms with Gasteiger partial charge in [0.15, 0.2) is 11.5 Å². The van der Waals surface area contributed by atoms with E-state index in [2.05, 4.69) is 10.4 Å². The molecule has 20 heavy (non-hydrogen) atoms. The summed E-state index contributed by atoms with van der Waals surface area (Å²) in [6, 6.07) is 2.38. The molecular formula is C13H14F2N4O. The summed E-state index contributed by atoms with van der Waals surface area (Å²) in [7, 11) is 0. The molecule has 1 aromatic heterocycles. The highest BCUT2D eigenvalue weighted by Gasteiger charge is 2.19. The minimum Gasteiger partial charge on any atom is -0.396 e. The Labute approximate surface area is 114 Å². The Balaban J connectivity index is 2.32. The van der Waals surface area contributed by atoms with Crippen molar-refractivity contribution < 1.29 is 13.6 Å². The second-order valence-corrected chi connectivity index (χ2v) is 4.30. The molecule has 2 rings (SSSR count). The monoisotopic (exact) mass is 280 g/mol. The standard InChI is InChI=1S/C13H14F2N4O/c1-3-19-6-9(16)12(18-19)13(20)17-11-8(14)5-4-7(2)10(11)15/h4-6H,3,16H2,1-2H3,(H,17,20). The van der Waals surface area contributed by atoms with Gasteiger partial charge in [0.2, 0.25) is 0 Å². The van der Waals surface area contributed by atoms with Gasteiger partial charge in [-0.1, -0.05) is 6.07 Å². The maximum atomic E-state index is 13.8. The van der Waals surface area contributed by atoms with Gasteiger partial charge in [-0.25, -0.2) is 8.78 Å². The Kier molecular flexibility index (Phi) is 3.69. The summed E-state index contributed by atoms with van der Waals surface area (Å²) >= 11 is 0. The van der Waals surface area contributed by atoms with Crippen LogP contribution in [0.1, 0.15) is 23.0 Å². The van der Waals surface area contributed by atoms with Crippen molar-refractivity contribution in [1.29, 1.82) is 0 Å². The smallest absolute Gasteiger partial charge is 0.278 e. The molecule has 106 valence electrons. The summed E-state index contributed by atoms with van der Waals surface area (Å²) in [6.07, 6.45) is 1.48. The van der Waals surface area contributed by atoms with Crippen LogP contribution in [0.3, 0.4) is 0 Å². The fraction of sp³-hybridized carbons (Fsp3) is 0.231. The highest BCUT2D eigenvalue weighted by Crippen LogP contribution is 2.22. The fourth-order valence-corrected chi connectivity index (χ4v) is 1.72. The van der Waals surface area contributed by atoms with Crippen molar-refractivity contribution in [3.05, 3.63) is 41.2 Å². The van der Waals surface area contributed by atoms with Crippen molar-refractivity contribution in [3.8, 4) is 0 Å². The molecule has 7 heteroatoms. The zero-order valence-corrected chi connectivity index (χ0v) is 11.1. The highest BCUT2D eigenvalue weighted by atomic mass is 19.1. The Morgan fingerprint density at radius 1 is 1.45 bits per heavy atom. The van der Waals surface area contributed by atoms with E-state index in [1.54, 1.807) is 0 Å². The number of nitrogens with one attached hydrogen (secondary N) is 1. The lowest BCUT2D eigenvalue weighted by Crippen LogP contribution is -2.17. The van der Waals surface area contributed by atoms with Gasteiger partial charge in [0.05, 0.1) is 5.69 Å². The molecule has 3 N–H and O–H groups in total. The Morgan fingerprint density at radius 2 is 2.15 bits per heavy atom. The molecule has 0 bridgehead atoms. The summed E-state index contributed by atoms with van der Waals surface area (Å²) < 4.78 is 28.8. The molecule has 2 aromatic rings. The number of aromatic nitrogens is 2.